The Morgan fingerprint density at radius 1 is 0.837 bits per heavy atom. The molecule has 0 saturated heterocycles. The standard InChI is InChI=1S/C16H22BrNO3.C10H18O3.C6H5BrFN/c1-11-8-13(18-9-12(11)17)20-10-16(6-5-7-16)14(19)21-15(2,3)4;1-9(2,3)13-8(12)10(7-11)5-4-6-10;1-4-2-6(8)9-3-5(4)7/h8-9H,5-7,10H2,1-4H3;11H,4-7H2,1-3H3;2-3H,1H3. The fourth-order valence-corrected chi connectivity index (χ4v) is 4.56. The van der Waals surface area contributed by atoms with Gasteiger partial charge in [-0.05, 0) is 130 Å². The number of hydrogen-bond donors (Lipinski definition) is 1. The number of aliphatic hydroxyl groups is 1. The highest BCUT2D eigenvalue weighted by atomic mass is 79.9. The van der Waals surface area contributed by atoms with Gasteiger partial charge in [0.1, 0.15) is 23.2 Å². The van der Waals surface area contributed by atoms with Crippen LogP contribution in [0.2, 0.25) is 0 Å². The van der Waals surface area contributed by atoms with Crippen molar-refractivity contribution in [2.45, 2.75) is 105 Å². The van der Waals surface area contributed by atoms with E-state index in [4.69, 9.17) is 19.3 Å². The fraction of sp³-hybridized carbons (Fsp3) is 0.625. The highest BCUT2D eigenvalue weighted by molar-refractivity contribution is 9.10. The highest BCUT2D eigenvalue weighted by Gasteiger charge is 2.48. The molecule has 2 heterocycles. The van der Waals surface area contributed by atoms with Gasteiger partial charge in [-0.3, -0.25) is 9.59 Å². The molecule has 43 heavy (non-hydrogen) atoms. The Morgan fingerprint density at radius 2 is 1.28 bits per heavy atom. The predicted molar refractivity (Wildman–Crippen MR) is 170 cm³/mol. The van der Waals surface area contributed by atoms with E-state index >= 15 is 0 Å². The van der Waals surface area contributed by atoms with Crippen LogP contribution in [0, 0.1) is 30.6 Å². The number of aryl methyl sites for hydroxylation is 2. The number of carbonyl (C=O) groups excluding carboxylic acids is 2. The van der Waals surface area contributed by atoms with Gasteiger partial charge in [0.05, 0.1) is 12.0 Å². The second-order valence-electron chi connectivity index (χ2n) is 13.2. The van der Waals surface area contributed by atoms with Crippen LogP contribution in [0.25, 0.3) is 0 Å². The third-order valence-electron chi connectivity index (χ3n) is 7.12. The molecule has 2 saturated carbocycles. The van der Waals surface area contributed by atoms with E-state index in [2.05, 4.69) is 41.8 Å². The number of carbonyl (C=O) groups is 2. The first-order valence-corrected chi connectivity index (χ1v) is 16.0. The van der Waals surface area contributed by atoms with E-state index in [1.54, 1.807) is 6.20 Å². The van der Waals surface area contributed by atoms with Crippen molar-refractivity contribution in [3.63, 3.8) is 0 Å². The van der Waals surface area contributed by atoms with Crippen molar-refractivity contribution >= 4 is 43.8 Å². The van der Waals surface area contributed by atoms with Gasteiger partial charge in [0.2, 0.25) is 11.8 Å². The Kier molecular flexibility index (Phi) is 13.2. The van der Waals surface area contributed by atoms with Gasteiger partial charge in [0, 0.05) is 27.4 Å². The van der Waals surface area contributed by atoms with Crippen LogP contribution in [0.15, 0.2) is 33.5 Å². The number of esters is 2. The van der Waals surface area contributed by atoms with Crippen LogP contribution in [0.4, 0.5) is 4.39 Å². The van der Waals surface area contributed by atoms with Gasteiger partial charge in [-0.25, -0.2) is 9.97 Å². The lowest BCUT2D eigenvalue weighted by molar-refractivity contribution is -0.177. The highest BCUT2D eigenvalue weighted by Crippen LogP contribution is 2.43. The summed E-state index contributed by atoms with van der Waals surface area (Å²) in [6.45, 7) is 15.2. The smallest absolute Gasteiger partial charge is 0.316 e. The van der Waals surface area contributed by atoms with Crippen molar-refractivity contribution in [3.8, 4) is 5.88 Å². The minimum Gasteiger partial charge on any atom is -0.476 e. The van der Waals surface area contributed by atoms with E-state index in [0.29, 0.717) is 12.5 Å². The minimum atomic E-state index is -0.576. The zero-order valence-electron chi connectivity index (χ0n) is 26.5. The lowest BCUT2D eigenvalue weighted by Gasteiger charge is -2.40. The molecule has 0 aliphatic heterocycles. The van der Waals surface area contributed by atoms with Gasteiger partial charge < -0.3 is 19.3 Å². The Labute approximate surface area is 271 Å². The van der Waals surface area contributed by atoms with Crippen molar-refractivity contribution < 1.29 is 33.3 Å². The summed E-state index contributed by atoms with van der Waals surface area (Å²) >= 11 is 6.61. The van der Waals surface area contributed by atoms with E-state index in [9.17, 15) is 14.0 Å². The van der Waals surface area contributed by atoms with Crippen LogP contribution < -0.4 is 4.74 Å². The zero-order chi connectivity index (χ0) is 32.6. The first-order valence-electron chi connectivity index (χ1n) is 14.4. The topological polar surface area (TPSA) is 108 Å². The molecule has 2 aliphatic carbocycles. The maximum absolute atomic E-state index is 12.4. The lowest BCUT2D eigenvalue weighted by atomic mass is 9.69. The van der Waals surface area contributed by atoms with Crippen molar-refractivity contribution in [2.75, 3.05) is 13.2 Å². The maximum atomic E-state index is 12.4. The van der Waals surface area contributed by atoms with Crippen molar-refractivity contribution in [1.29, 1.82) is 0 Å². The molecular weight excluding hydrogens is 687 g/mol. The summed E-state index contributed by atoms with van der Waals surface area (Å²) in [7, 11) is 0. The molecule has 0 radical (unpaired) electrons. The largest absolute Gasteiger partial charge is 0.476 e. The van der Waals surface area contributed by atoms with Gasteiger partial charge >= 0.3 is 11.9 Å². The van der Waals surface area contributed by atoms with Crippen molar-refractivity contribution in [2.24, 2.45) is 10.8 Å². The second kappa shape index (κ2) is 15.3. The molecule has 0 unspecified atom stereocenters. The third-order valence-corrected chi connectivity index (χ3v) is 8.78. The average Bonchev–Trinajstić information content (AvgIpc) is 2.81. The third kappa shape index (κ3) is 11.4. The summed E-state index contributed by atoms with van der Waals surface area (Å²) in [5, 5.41) is 9.10. The Bertz CT molecular complexity index is 1250. The maximum Gasteiger partial charge on any atom is 0.316 e. The van der Waals surface area contributed by atoms with Crippen LogP contribution in [-0.4, -0.2) is 51.4 Å². The lowest BCUT2D eigenvalue weighted by Crippen LogP contribution is -2.46. The van der Waals surface area contributed by atoms with Gasteiger partial charge in [-0.2, -0.15) is 4.39 Å². The Balaban J connectivity index is 0.000000249. The predicted octanol–water partition coefficient (Wildman–Crippen LogP) is 7.83. The SMILES string of the molecule is CC(C)(C)OC(=O)C1(CO)CCC1.Cc1cc(F)ncc1Br.Cc1cc(OCC2(C(=O)OC(C)(C)C)CCC2)ncc1Br. The summed E-state index contributed by atoms with van der Waals surface area (Å²) in [6, 6.07) is 3.25. The fourth-order valence-electron chi connectivity index (χ4n) is 4.12. The zero-order valence-corrected chi connectivity index (χ0v) is 29.7. The molecule has 0 atom stereocenters. The molecule has 4 rings (SSSR count). The number of hydrogen-bond acceptors (Lipinski definition) is 8. The van der Waals surface area contributed by atoms with Gasteiger partial charge in [0.25, 0.3) is 0 Å². The van der Waals surface area contributed by atoms with Crippen LogP contribution in [0.5, 0.6) is 5.88 Å². The number of aliphatic hydroxyl groups excluding tert-OH is 1. The summed E-state index contributed by atoms with van der Waals surface area (Å²) in [6.07, 6.45) is 8.37. The number of halogens is 3. The first kappa shape index (κ1) is 37.1. The number of rotatable bonds is 6. The van der Waals surface area contributed by atoms with Crippen LogP contribution in [-0.2, 0) is 19.1 Å². The first-order chi connectivity index (χ1) is 19.8. The molecule has 0 bridgehead atoms. The summed E-state index contributed by atoms with van der Waals surface area (Å²) in [5.74, 6) is -0.287. The second-order valence-corrected chi connectivity index (χ2v) is 15.0. The van der Waals surface area contributed by atoms with Crippen LogP contribution in [0.1, 0.15) is 91.2 Å². The van der Waals surface area contributed by atoms with Gasteiger partial charge in [0.15, 0.2) is 0 Å². The molecule has 11 heteroatoms. The average molecular weight is 733 g/mol. The quantitative estimate of drug-likeness (QED) is 0.237. The van der Waals surface area contributed by atoms with Crippen molar-refractivity contribution in [1.82, 2.24) is 9.97 Å². The molecule has 0 amide bonds. The number of nitrogens with zero attached hydrogens (tertiary/aromatic N) is 2. The summed E-state index contributed by atoms with van der Waals surface area (Å²) < 4.78 is 30.5. The van der Waals surface area contributed by atoms with E-state index in [1.807, 2.05) is 61.5 Å². The Morgan fingerprint density at radius 3 is 1.63 bits per heavy atom. The molecule has 2 aromatic heterocycles. The van der Waals surface area contributed by atoms with Gasteiger partial charge in [-0.15, -0.1) is 0 Å². The Hall–Kier alpha value is -2.11. The molecule has 2 aliphatic rings. The molecule has 240 valence electrons. The molecule has 0 spiro atoms. The normalized spacial score (nSPS) is 16.6. The molecule has 1 N–H and O–H groups in total. The molecule has 2 fully saturated rings. The molecule has 2 aromatic rings. The van der Waals surface area contributed by atoms with E-state index in [-0.39, 0.29) is 18.5 Å². The van der Waals surface area contributed by atoms with Gasteiger partial charge in [-0.1, -0.05) is 12.8 Å². The summed E-state index contributed by atoms with van der Waals surface area (Å²) in [5.41, 5.74) is -0.0769. The van der Waals surface area contributed by atoms with Crippen LogP contribution >= 0.6 is 31.9 Å². The number of pyridine rings is 2. The number of ether oxygens (including phenoxy) is 3. The minimum absolute atomic E-state index is 0.0814. The molecular formula is C32H45Br2FN2O6. The molecule has 0 aromatic carbocycles. The molecule has 8 nitrogen and oxygen atoms in total. The number of aromatic nitrogens is 2. The monoisotopic (exact) mass is 730 g/mol. The van der Waals surface area contributed by atoms with E-state index < -0.39 is 28.0 Å². The van der Waals surface area contributed by atoms with Crippen molar-refractivity contribution in [3.05, 3.63) is 50.5 Å². The summed E-state index contributed by atoms with van der Waals surface area (Å²) in [4.78, 5) is 31.6. The van der Waals surface area contributed by atoms with E-state index in [0.717, 1.165) is 58.6 Å². The van der Waals surface area contributed by atoms with E-state index in [1.165, 1.54) is 12.3 Å². The van der Waals surface area contributed by atoms with Crippen LogP contribution in [0.3, 0.4) is 0 Å².